The summed E-state index contributed by atoms with van der Waals surface area (Å²) in [4.78, 5) is 24.8. The molecule has 1 atom stereocenters. The van der Waals surface area contributed by atoms with Gasteiger partial charge in [0.1, 0.15) is 6.04 Å². The number of ether oxygens (including phenoxy) is 1. The number of rotatable bonds is 6. The molecule has 0 bridgehead atoms. The number of esters is 1. The van der Waals surface area contributed by atoms with Crippen molar-refractivity contribution in [3.05, 3.63) is 95.6 Å². The quantitative estimate of drug-likeness (QED) is 0.570. The molecule has 7 heteroatoms. The zero-order valence-electron chi connectivity index (χ0n) is 16.6. The molecule has 1 amide bonds. The van der Waals surface area contributed by atoms with Crippen molar-refractivity contribution < 1.29 is 27.5 Å². The van der Waals surface area contributed by atoms with Crippen LogP contribution in [0, 0.1) is 0 Å². The number of hydrogen-bond donors (Lipinski definition) is 1. The fraction of sp³-hybridized carbons (Fsp3) is 0.167. The number of methoxy groups -OCH3 is 1. The largest absolute Gasteiger partial charge is 0.467 e. The Morgan fingerprint density at radius 3 is 2.16 bits per heavy atom. The molecular weight excluding hydrogens is 407 g/mol. The Balaban J connectivity index is 1.75. The van der Waals surface area contributed by atoms with Gasteiger partial charge in [0.15, 0.2) is 0 Å². The summed E-state index contributed by atoms with van der Waals surface area (Å²) in [5, 5.41) is 2.56. The fourth-order valence-electron chi connectivity index (χ4n) is 3.13. The molecule has 0 spiro atoms. The lowest BCUT2D eigenvalue weighted by molar-refractivity contribution is -0.142. The Morgan fingerprint density at radius 1 is 0.903 bits per heavy atom. The first kappa shape index (κ1) is 22.1. The lowest BCUT2D eigenvalue weighted by Gasteiger charge is -2.17. The van der Waals surface area contributed by atoms with Gasteiger partial charge < -0.3 is 10.1 Å². The maximum Gasteiger partial charge on any atom is 0.416 e. The van der Waals surface area contributed by atoms with Gasteiger partial charge in [0.2, 0.25) is 0 Å². The molecule has 0 aliphatic carbocycles. The lowest BCUT2D eigenvalue weighted by atomic mass is 10.0. The zero-order valence-corrected chi connectivity index (χ0v) is 16.6. The molecule has 31 heavy (non-hydrogen) atoms. The second-order valence-corrected chi connectivity index (χ2v) is 6.89. The third kappa shape index (κ3) is 5.72. The molecule has 3 rings (SSSR count). The molecule has 160 valence electrons. The number of amides is 1. The summed E-state index contributed by atoms with van der Waals surface area (Å²) in [6.45, 7) is 0. The maximum atomic E-state index is 13.0. The minimum atomic E-state index is -4.50. The first-order chi connectivity index (χ1) is 14.8. The molecular formula is C24H20F3NO3. The molecule has 0 aromatic heterocycles. The predicted molar refractivity (Wildman–Crippen MR) is 110 cm³/mol. The van der Waals surface area contributed by atoms with E-state index in [0.717, 1.165) is 30.4 Å². The lowest BCUT2D eigenvalue weighted by Crippen LogP contribution is -2.43. The first-order valence-corrected chi connectivity index (χ1v) is 9.48. The van der Waals surface area contributed by atoms with Crippen LogP contribution in [-0.2, 0) is 22.1 Å². The van der Waals surface area contributed by atoms with Crippen molar-refractivity contribution in [1.82, 2.24) is 5.32 Å². The van der Waals surface area contributed by atoms with Crippen LogP contribution in [-0.4, -0.2) is 25.0 Å². The van der Waals surface area contributed by atoms with Crippen LogP contribution >= 0.6 is 0 Å². The molecule has 0 saturated heterocycles. The Hall–Kier alpha value is -3.61. The summed E-state index contributed by atoms with van der Waals surface area (Å²) in [5.41, 5.74) is 1.66. The summed E-state index contributed by atoms with van der Waals surface area (Å²) in [6.07, 6.45) is -4.63. The molecule has 0 unspecified atom stereocenters. The van der Waals surface area contributed by atoms with Crippen molar-refractivity contribution in [2.24, 2.45) is 0 Å². The number of alkyl halides is 3. The van der Waals surface area contributed by atoms with Gasteiger partial charge in [-0.25, -0.2) is 4.79 Å². The van der Waals surface area contributed by atoms with Crippen LogP contribution in [0.1, 0.15) is 21.5 Å². The Kier molecular flexibility index (Phi) is 6.74. The highest BCUT2D eigenvalue weighted by Crippen LogP contribution is 2.29. The Bertz CT molecular complexity index is 1050. The summed E-state index contributed by atoms with van der Waals surface area (Å²) in [5.74, 6) is -1.27. The van der Waals surface area contributed by atoms with Crippen LogP contribution in [0.3, 0.4) is 0 Å². The maximum absolute atomic E-state index is 13.0. The van der Waals surface area contributed by atoms with Crippen molar-refractivity contribution in [3.63, 3.8) is 0 Å². The third-order valence-corrected chi connectivity index (χ3v) is 4.74. The van der Waals surface area contributed by atoms with Crippen LogP contribution in [0.4, 0.5) is 13.2 Å². The third-order valence-electron chi connectivity index (χ3n) is 4.74. The van der Waals surface area contributed by atoms with Gasteiger partial charge in [-0.2, -0.15) is 13.2 Å². The van der Waals surface area contributed by atoms with Crippen molar-refractivity contribution in [1.29, 1.82) is 0 Å². The smallest absolute Gasteiger partial charge is 0.416 e. The van der Waals surface area contributed by atoms with Crippen molar-refractivity contribution in [2.75, 3.05) is 7.11 Å². The van der Waals surface area contributed by atoms with E-state index in [9.17, 15) is 22.8 Å². The normalized spacial score (nSPS) is 12.1. The molecule has 0 radical (unpaired) electrons. The van der Waals surface area contributed by atoms with Gasteiger partial charge >= 0.3 is 12.1 Å². The van der Waals surface area contributed by atoms with E-state index in [1.54, 1.807) is 24.3 Å². The van der Waals surface area contributed by atoms with E-state index >= 15 is 0 Å². The molecule has 0 aliphatic heterocycles. The van der Waals surface area contributed by atoms with Crippen LogP contribution < -0.4 is 5.32 Å². The van der Waals surface area contributed by atoms with Crippen LogP contribution in [0.15, 0.2) is 78.9 Å². The topological polar surface area (TPSA) is 55.4 Å². The number of halogens is 3. The van der Waals surface area contributed by atoms with Crippen molar-refractivity contribution in [3.8, 4) is 11.1 Å². The molecule has 0 heterocycles. The van der Waals surface area contributed by atoms with E-state index in [1.807, 2.05) is 30.3 Å². The average molecular weight is 427 g/mol. The van der Waals surface area contributed by atoms with Gasteiger partial charge in [-0.15, -0.1) is 0 Å². The average Bonchev–Trinajstić information content (AvgIpc) is 2.78. The van der Waals surface area contributed by atoms with E-state index in [1.165, 1.54) is 12.1 Å². The second kappa shape index (κ2) is 9.47. The zero-order chi connectivity index (χ0) is 22.4. The molecule has 3 aromatic carbocycles. The summed E-state index contributed by atoms with van der Waals surface area (Å²) < 4.78 is 43.6. The van der Waals surface area contributed by atoms with E-state index in [-0.39, 0.29) is 12.0 Å². The molecule has 0 aliphatic rings. The number of nitrogens with one attached hydrogen (secondary N) is 1. The van der Waals surface area contributed by atoms with Crippen molar-refractivity contribution in [2.45, 2.75) is 18.6 Å². The molecule has 0 fully saturated rings. The van der Waals surface area contributed by atoms with E-state index < -0.39 is 29.7 Å². The fourth-order valence-corrected chi connectivity index (χ4v) is 3.13. The Labute approximate surface area is 177 Å². The van der Waals surface area contributed by atoms with Crippen LogP contribution in [0.5, 0.6) is 0 Å². The molecule has 1 N–H and O–H groups in total. The molecule has 3 aromatic rings. The Morgan fingerprint density at radius 2 is 1.55 bits per heavy atom. The van der Waals surface area contributed by atoms with Gasteiger partial charge in [0.25, 0.3) is 5.91 Å². The predicted octanol–water partition coefficient (Wildman–Crippen LogP) is 4.89. The second-order valence-electron chi connectivity index (χ2n) is 6.89. The van der Waals surface area contributed by atoms with E-state index in [4.69, 9.17) is 4.74 Å². The molecule has 4 nitrogen and oxygen atoms in total. The monoisotopic (exact) mass is 427 g/mol. The standard InChI is InChI=1S/C24H20F3NO3/c1-31-23(30)21(15-16-6-5-9-20(14-16)24(25,26)27)28-22(29)19-12-10-18(11-13-19)17-7-3-2-4-8-17/h2-14,21H,15H2,1H3,(H,28,29)/t21-/m1/s1. The van der Waals surface area contributed by atoms with Crippen LogP contribution in [0.25, 0.3) is 11.1 Å². The minimum Gasteiger partial charge on any atom is -0.467 e. The minimum absolute atomic E-state index is 0.134. The van der Waals surface area contributed by atoms with E-state index in [2.05, 4.69) is 5.32 Å². The summed E-state index contributed by atoms with van der Waals surface area (Å²) in [6, 6.07) is 19.9. The summed E-state index contributed by atoms with van der Waals surface area (Å²) in [7, 11) is 1.16. The molecule has 0 saturated carbocycles. The van der Waals surface area contributed by atoms with Crippen LogP contribution in [0.2, 0.25) is 0 Å². The van der Waals surface area contributed by atoms with Crippen molar-refractivity contribution >= 4 is 11.9 Å². The van der Waals surface area contributed by atoms with Gasteiger partial charge in [0, 0.05) is 12.0 Å². The SMILES string of the molecule is COC(=O)[C@@H](Cc1cccc(C(F)(F)F)c1)NC(=O)c1ccc(-c2ccccc2)cc1. The first-order valence-electron chi connectivity index (χ1n) is 9.48. The number of hydrogen-bond acceptors (Lipinski definition) is 3. The highest BCUT2D eigenvalue weighted by atomic mass is 19.4. The van der Waals surface area contributed by atoms with Gasteiger partial charge in [-0.1, -0.05) is 60.7 Å². The van der Waals surface area contributed by atoms with Gasteiger partial charge in [-0.05, 0) is 34.9 Å². The summed E-state index contributed by atoms with van der Waals surface area (Å²) >= 11 is 0. The number of carbonyl (C=O) groups is 2. The van der Waals surface area contributed by atoms with Gasteiger partial charge in [-0.3, -0.25) is 4.79 Å². The number of benzene rings is 3. The van der Waals surface area contributed by atoms with Gasteiger partial charge in [0.05, 0.1) is 12.7 Å². The highest BCUT2D eigenvalue weighted by Gasteiger charge is 2.31. The number of carbonyl (C=O) groups excluding carboxylic acids is 2. The highest BCUT2D eigenvalue weighted by molar-refractivity contribution is 5.97. The van der Waals surface area contributed by atoms with E-state index in [0.29, 0.717) is 5.56 Å².